The van der Waals surface area contributed by atoms with Crippen molar-refractivity contribution in [1.29, 1.82) is 0 Å². The van der Waals surface area contributed by atoms with Crippen molar-refractivity contribution < 1.29 is 26.4 Å². The standard InChI is InChI=1S/C24H28F3N3O3S/c25-24(26,27)20-9-6-10-21(17-20)29-15-13-28(14-16-29)11-4-5-12-30-18-34(32,33)22(23(30)31)19-7-2-1-3-8-19/h1-3,6-10,17,22H,4-5,11-16,18H2. The van der Waals surface area contributed by atoms with Crippen molar-refractivity contribution >= 4 is 21.4 Å². The molecular weight excluding hydrogens is 467 g/mol. The topological polar surface area (TPSA) is 60.9 Å². The highest BCUT2D eigenvalue weighted by molar-refractivity contribution is 7.92. The lowest BCUT2D eigenvalue weighted by Gasteiger charge is -2.36. The van der Waals surface area contributed by atoms with Crippen molar-refractivity contribution in [3.63, 3.8) is 0 Å². The first-order chi connectivity index (χ1) is 16.1. The fourth-order valence-corrected chi connectivity index (χ4v) is 6.44. The lowest BCUT2D eigenvalue weighted by Crippen LogP contribution is -2.46. The van der Waals surface area contributed by atoms with E-state index >= 15 is 0 Å². The monoisotopic (exact) mass is 495 g/mol. The van der Waals surface area contributed by atoms with Crippen molar-refractivity contribution in [2.24, 2.45) is 0 Å². The van der Waals surface area contributed by atoms with Crippen LogP contribution < -0.4 is 4.90 Å². The minimum atomic E-state index is -4.35. The van der Waals surface area contributed by atoms with Gasteiger partial charge in [-0.25, -0.2) is 8.42 Å². The average Bonchev–Trinajstić information content (AvgIpc) is 3.05. The fraction of sp³-hybridized carbons (Fsp3) is 0.458. The summed E-state index contributed by atoms with van der Waals surface area (Å²) in [5.41, 5.74) is 0.449. The molecule has 0 N–H and O–H groups in total. The quantitative estimate of drug-likeness (QED) is 0.550. The number of carbonyl (C=O) groups is 1. The van der Waals surface area contributed by atoms with E-state index in [4.69, 9.17) is 0 Å². The van der Waals surface area contributed by atoms with Crippen molar-refractivity contribution in [1.82, 2.24) is 9.80 Å². The summed E-state index contributed by atoms with van der Waals surface area (Å²) in [6.45, 7) is 3.96. The van der Waals surface area contributed by atoms with Gasteiger partial charge in [-0.15, -0.1) is 0 Å². The molecule has 1 atom stereocenters. The van der Waals surface area contributed by atoms with E-state index in [1.165, 1.54) is 17.0 Å². The highest BCUT2D eigenvalue weighted by Gasteiger charge is 2.45. The lowest BCUT2D eigenvalue weighted by atomic mass is 10.1. The van der Waals surface area contributed by atoms with Crippen molar-refractivity contribution in [3.8, 4) is 0 Å². The molecule has 10 heteroatoms. The molecule has 2 aliphatic heterocycles. The Morgan fingerprint density at radius 3 is 2.24 bits per heavy atom. The zero-order valence-electron chi connectivity index (χ0n) is 18.7. The maximum atomic E-state index is 13.0. The van der Waals surface area contributed by atoms with Gasteiger partial charge < -0.3 is 9.80 Å². The van der Waals surface area contributed by atoms with Crippen LogP contribution in [-0.2, 0) is 20.8 Å². The molecule has 6 nitrogen and oxygen atoms in total. The van der Waals surface area contributed by atoms with E-state index in [0.29, 0.717) is 37.3 Å². The van der Waals surface area contributed by atoms with Gasteiger partial charge >= 0.3 is 6.18 Å². The summed E-state index contributed by atoms with van der Waals surface area (Å²) in [7, 11) is -3.55. The van der Waals surface area contributed by atoms with E-state index in [9.17, 15) is 26.4 Å². The zero-order chi connectivity index (χ0) is 24.3. The minimum absolute atomic E-state index is 0.249. The third kappa shape index (κ3) is 5.55. The highest BCUT2D eigenvalue weighted by Crippen LogP contribution is 2.33. The van der Waals surface area contributed by atoms with E-state index in [2.05, 4.69) is 4.90 Å². The second-order valence-corrected chi connectivity index (χ2v) is 10.8. The first kappa shape index (κ1) is 24.5. The molecule has 2 fully saturated rings. The van der Waals surface area contributed by atoms with Gasteiger partial charge in [0.2, 0.25) is 5.91 Å². The normalized spacial score (nSPS) is 21.3. The molecular formula is C24H28F3N3O3S. The van der Waals surface area contributed by atoms with E-state index in [-0.39, 0.29) is 11.8 Å². The van der Waals surface area contributed by atoms with Gasteiger partial charge in [-0.1, -0.05) is 36.4 Å². The Balaban J connectivity index is 1.22. The molecule has 4 rings (SSSR count). The first-order valence-electron chi connectivity index (χ1n) is 11.3. The summed E-state index contributed by atoms with van der Waals surface area (Å²) in [5.74, 6) is -0.609. The molecule has 184 valence electrons. The van der Waals surface area contributed by atoms with Crippen LogP contribution in [0.5, 0.6) is 0 Å². The maximum absolute atomic E-state index is 13.0. The van der Waals surface area contributed by atoms with Gasteiger partial charge in [-0.05, 0) is 43.1 Å². The Morgan fingerprint density at radius 2 is 1.56 bits per heavy atom. The van der Waals surface area contributed by atoms with Gasteiger partial charge in [0, 0.05) is 38.4 Å². The van der Waals surface area contributed by atoms with Crippen molar-refractivity contribution in [2.75, 3.05) is 50.0 Å². The highest BCUT2D eigenvalue weighted by atomic mass is 32.2. The maximum Gasteiger partial charge on any atom is 0.416 e. The summed E-state index contributed by atoms with van der Waals surface area (Å²) in [4.78, 5) is 18.4. The smallest absolute Gasteiger partial charge is 0.369 e. The van der Waals surface area contributed by atoms with Gasteiger partial charge in [0.05, 0.1) is 5.56 Å². The fourth-order valence-electron chi connectivity index (χ4n) is 4.57. The van der Waals surface area contributed by atoms with Crippen LogP contribution in [-0.4, -0.2) is 69.3 Å². The summed E-state index contributed by atoms with van der Waals surface area (Å²) in [5, 5.41) is -1.11. The van der Waals surface area contributed by atoms with Gasteiger partial charge in [0.25, 0.3) is 0 Å². The van der Waals surface area contributed by atoms with Gasteiger partial charge in [-0.2, -0.15) is 13.2 Å². The summed E-state index contributed by atoms with van der Waals surface area (Å²) in [6.07, 6.45) is -2.85. The molecule has 2 aliphatic rings. The lowest BCUT2D eigenvalue weighted by molar-refractivity contribution is -0.137. The van der Waals surface area contributed by atoms with Gasteiger partial charge in [-0.3, -0.25) is 9.69 Å². The predicted octanol–water partition coefficient (Wildman–Crippen LogP) is 3.56. The molecule has 2 saturated heterocycles. The van der Waals surface area contributed by atoms with Crippen LogP contribution in [0.4, 0.5) is 18.9 Å². The first-order valence-corrected chi connectivity index (χ1v) is 13.1. The number of amides is 1. The third-order valence-electron chi connectivity index (χ3n) is 6.40. The second-order valence-electron chi connectivity index (χ2n) is 8.77. The largest absolute Gasteiger partial charge is 0.416 e. The van der Waals surface area contributed by atoms with Crippen LogP contribution in [0.2, 0.25) is 0 Å². The number of piperazine rings is 1. The molecule has 34 heavy (non-hydrogen) atoms. The Labute approximate surface area is 197 Å². The van der Waals surface area contributed by atoms with Crippen LogP contribution in [0.1, 0.15) is 29.2 Å². The molecule has 0 radical (unpaired) electrons. The number of halogens is 3. The number of hydrogen-bond acceptors (Lipinski definition) is 5. The second kappa shape index (κ2) is 9.95. The number of unbranched alkanes of at least 4 members (excludes halogenated alkanes) is 1. The molecule has 1 unspecified atom stereocenters. The van der Waals surface area contributed by atoms with Crippen molar-refractivity contribution in [3.05, 3.63) is 65.7 Å². The van der Waals surface area contributed by atoms with Crippen LogP contribution in [0.15, 0.2) is 54.6 Å². The Hall–Kier alpha value is -2.59. The molecule has 0 aromatic heterocycles. The zero-order valence-corrected chi connectivity index (χ0v) is 19.6. The molecule has 0 spiro atoms. The summed E-state index contributed by atoms with van der Waals surface area (Å²) >= 11 is 0. The van der Waals surface area contributed by atoms with E-state index in [0.717, 1.165) is 32.1 Å². The third-order valence-corrected chi connectivity index (χ3v) is 8.26. The Kier molecular flexibility index (Phi) is 7.18. The Bertz CT molecular complexity index is 1100. The number of anilines is 1. The number of sulfone groups is 1. The van der Waals surface area contributed by atoms with Crippen molar-refractivity contribution in [2.45, 2.75) is 24.3 Å². The number of rotatable bonds is 7. The van der Waals surface area contributed by atoms with Crippen LogP contribution in [0.25, 0.3) is 0 Å². The average molecular weight is 496 g/mol. The number of carbonyl (C=O) groups excluding carboxylic acids is 1. The molecule has 0 bridgehead atoms. The molecule has 2 heterocycles. The molecule has 0 saturated carbocycles. The van der Waals surface area contributed by atoms with Gasteiger partial charge in [0.15, 0.2) is 15.1 Å². The number of hydrogen-bond donors (Lipinski definition) is 0. The number of benzene rings is 2. The minimum Gasteiger partial charge on any atom is -0.369 e. The molecule has 2 aromatic rings. The SMILES string of the molecule is O=C1C(c2ccccc2)S(=O)(=O)CN1CCCCN1CCN(c2cccc(C(F)(F)F)c2)CC1. The summed E-state index contributed by atoms with van der Waals surface area (Å²) < 4.78 is 64.0. The Morgan fingerprint density at radius 1 is 0.882 bits per heavy atom. The van der Waals surface area contributed by atoms with E-state index < -0.39 is 26.8 Å². The van der Waals surface area contributed by atoms with Crippen LogP contribution >= 0.6 is 0 Å². The molecule has 2 aromatic carbocycles. The van der Waals surface area contributed by atoms with E-state index in [1.807, 2.05) is 4.90 Å². The predicted molar refractivity (Wildman–Crippen MR) is 124 cm³/mol. The number of alkyl halides is 3. The van der Waals surface area contributed by atoms with Crippen LogP contribution in [0.3, 0.4) is 0 Å². The molecule has 0 aliphatic carbocycles. The van der Waals surface area contributed by atoms with E-state index in [1.54, 1.807) is 36.4 Å². The van der Waals surface area contributed by atoms with Gasteiger partial charge in [0.1, 0.15) is 5.88 Å². The molecule has 1 amide bonds. The summed E-state index contributed by atoms with van der Waals surface area (Å²) in [6, 6.07) is 14.0. The number of nitrogens with zero attached hydrogens (tertiary/aromatic N) is 3. The van der Waals surface area contributed by atoms with Crippen LogP contribution in [0, 0.1) is 0 Å².